The highest BCUT2D eigenvalue weighted by Gasteiger charge is 2.33. The van der Waals surface area contributed by atoms with Crippen molar-refractivity contribution in [2.45, 2.75) is 13.0 Å². The van der Waals surface area contributed by atoms with E-state index in [0.717, 1.165) is 0 Å². The van der Waals surface area contributed by atoms with Crippen molar-refractivity contribution in [3.63, 3.8) is 0 Å². The van der Waals surface area contributed by atoms with Gasteiger partial charge in [0.1, 0.15) is 11.6 Å². The van der Waals surface area contributed by atoms with Crippen molar-refractivity contribution in [1.29, 1.82) is 0 Å². The number of amides is 3. The second-order valence-corrected chi connectivity index (χ2v) is 6.33. The lowest BCUT2D eigenvalue weighted by Crippen LogP contribution is -2.46. The van der Waals surface area contributed by atoms with Crippen LogP contribution in [-0.2, 0) is 4.79 Å². The largest absolute Gasteiger partial charge is 0.495 e. The molecule has 0 aliphatic carbocycles. The van der Waals surface area contributed by atoms with E-state index in [4.69, 9.17) is 16.3 Å². The zero-order valence-corrected chi connectivity index (χ0v) is 15.4. The van der Waals surface area contributed by atoms with Gasteiger partial charge in [0, 0.05) is 16.3 Å². The summed E-state index contributed by atoms with van der Waals surface area (Å²) in [7, 11) is 1.47. The minimum Gasteiger partial charge on any atom is -0.495 e. The van der Waals surface area contributed by atoms with Gasteiger partial charge in [-0.15, -0.1) is 0 Å². The third kappa shape index (κ3) is 3.88. The van der Waals surface area contributed by atoms with Crippen LogP contribution >= 0.6 is 11.6 Å². The van der Waals surface area contributed by atoms with Crippen molar-refractivity contribution in [2.75, 3.05) is 12.4 Å². The Balaban J connectivity index is 2.00. The number of carbonyl (C=O) groups is 2. The lowest BCUT2D eigenvalue weighted by atomic mass is 9.94. The monoisotopic (exact) mass is 389 g/mol. The fourth-order valence-electron chi connectivity index (χ4n) is 2.90. The number of urea groups is 1. The molecule has 0 fully saturated rings. The zero-order chi connectivity index (χ0) is 19.6. The van der Waals surface area contributed by atoms with Crippen LogP contribution < -0.4 is 20.7 Å². The molecule has 0 radical (unpaired) electrons. The van der Waals surface area contributed by atoms with Gasteiger partial charge in [-0.1, -0.05) is 29.8 Å². The maximum atomic E-state index is 14.3. The molecule has 0 aromatic heterocycles. The van der Waals surface area contributed by atoms with Gasteiger partial charge in [0.15, 0.2) is 0 Å². The summed E-state index contributed by atoms with van der Waals surface area (Å²) in [6, 6.07) is 9.30. The van der Waals surface area contributed by atoms with E-state index in [1.54, 1.807) is 31.2 Å². The highest BCUT2D eigenvalue weighted by Crippen LogP contribution is 2.32. The van der Waals surface area contributed by atoms with Crippen LogP contribution in [0.3, 0.4) is 0 Å². The fourth-order valence-corrected chi connectivity index (χ4v) is 3.08. The van der Waals surface area contributed by atoms with Crippen LogP contribution in [0, 0.1) is 5.82 Å². The molecular formula is C19H17ClFN3O3. The number of hydrogen-bond donors (Lipinski definition) is 3. The van der Waals surface area contributed by atoms with Crippen molar-refractivity contribution in [3.05, 3.63) is 70.1 Å². The van der Waals surface area contributed by atoms with E-state index < -0.39 is 23.8 Å². The molecule has 6 nitrogen and oxygen atoms in total. The normalized spacial score (nSPS) is 16.4. The highest BCUT2D eigenvalue weighted by atomic mass is 35.5. The summed E-state index contributed by atoms with van der Waals surface area (Å²) in [5.41, 5.74) is 1.06. The van der Waals surface area contributed by atoms with Crippen molar-refractivity contribution >= 4 is 29.2 Å². The Morgan fingerprint density at radius 3 is 2.70 bits per heavy atom. The smallest absolute Gasteiger partial charge is 0.319 e. The van der Waals surface area contributed by atoms with Crippen LogP contribution in [0.5, 0.6) is 5.75 Å². The van der Waals surface area contributed by atoms with Crippen LogP contribution in [0.2, 0.25) is 5.02 Å². The number of carbonyl (C=O) groups excluding carboxylic acids is 2. The van der Waals surface area contributed by atoms with Gasteiger partial charge >= 0.3 is 6.03 Å². The number of nitrogens with one attached hydrogen (secondary N) is 3. The molecule has 140 valence electrons. The average Bonchev–Trinajstić information content (AvgIpc) is 2.61. The number of allylic oxidation sites excluding steroid dienone is 1. The second kappa shape index (κ2) is 7.67. The molecule has 1 heterocycles. The first-order valence-electron chi connectivity index (χ1n) is 8.08. The van der Waals surface area contributed by atoms with E-state index in [1.807, 2.05) is 0 Å². The first-order valence-corrected chi connectivity index (χ1v) is 8.46. The van der Waals surface area contributed by atoms with Crippen molar-refractivity contribution in [2.24, 2.45) is 0 Å². The third-order valence-corrected chi connectivity index (χ3v) is 4.37. The Bertz CT molecular complexity index is 946. The number of halogens is 2. The molecule has 1 aliphatic heterocycles. The number of benzene rings is 2. The Morgan fingerprint density at radius 2 is 2.00 bits per heavy atom. The summed E-state index contributed by atoms with van der Waals surface area (Å²) in [6.45, 7) is 1.58. The molecule has 3 N–H and O–H groups in total. The zero-order valence-electron chi connectivity index (χ0n) is 14.6. The minimum absolute atomic E-state index is 0.182. The van der Waals surface area contributed by atoms with E-state index in [-0.39, 0.29) is 11.1 Å². The summed E-state index contributed by atoms with van der Waals surface area (Å²) in [5.74, 6) is -0.627. The molecule has 1 atom stereocenters. The molecule has 3 amide bonds. The molecule has 1 aliphatic rings. The Kier molecular flexibility index (Phi) is 5.32. The van der Waals surface area contributed by atoms with Crippen molar-refractivity contribution in [1.82, 2.24) is 10.6 Å². The van der Waals surface area contributed by atoms with Crippen molar-refractivity contribution < 1.29 is 18.7 Å². The van der Waals surface area contributed by atoms with E-state index in [2.05, 4.69) is 16.0 Å². The van der Waals surface area contributed by atoms with Gasteiger partial charge in [-0.2, -0.15) is 0 Å². The van der Waals surface area contributed by atoms with Gasteiger partial charge in [-0.05, 0) is 31.2 Å². The van der Waals surface area contributed by atoms with Crippen LogP contribution in [0.4, 0.5) is 14.9 Å². The topological polar surface area (TPSA) is 79.5 Å². The lowest BCUT2D eigenvalue weighted by molar-refractivity contribution is -0.113. The number of rotatable bonds is 4. The summed E-state index contributed by atoms with van der Waals surface area (Å²) < 4.78 is 19.5. The number of methoxy groups -OCH3 is 1. The molecule has 3 rings (SSSR count). The first-order chi connectivity index (χ1) is 12.9. The molecule has 0 saturated heterocycles. The SMILES string of the molecule is COc1ccc(Cl)cc1NC(=O)C1=C(C)NC(=O)N[C@@H]1c1ccccc1F. The highest BCUT2D eigenvalue weighted by molar-refractivity contribution is 6.31. The lowest BCUT2D eigenvalue weighted by Gasteiger charge is -2.29. The predicted octanol–water partition coefficient (Wildman–Crippen LogP) is 3.75. The van der Waals surface area contributed by atoms with E-state index in [9.17, 15) is 14.0 Å². The number of anilines is 1. The van der Waals surface area contributed by atoms with Crippen LogP contribution in [-0.4, -0.2) is 19.0 Å². The summed E-state index contributed by atoms with van der Waals surface area (Å²) in [4.78, 5) is 24.9. The predicted molar refractivity (Wildman–Crippen MR) is 100 cm³/mol. The summed E-state index contributed by atoms with van der Waals surface area (Å²) in [5, 5.41) is 8.27. The molecular weight excluding hydrogens is 373 g/mol. The van der Waals surface area contributed by atoms with E-state index in [1.165, 1.54) is 25.3 Å². The summed E-state index contributed by atoms with van der Waals surface area (Å²) in [6.07, 6.45) is 0. The van der Waals surface area contributed by atoms with E-state index >= 15 is 0 Å². The molecule has 2 aromatic rings. The van der Waals surface area contributed by atoms with Gasteiger partial charge in [-0.25, -0.2) is 9.18 Å². The molecule has 0 saturated carbocycles. The molecule has 0 bridgehead atoms. The number of ether oxygens (including phenoxy) is 1. The minimum atomic E-state index is -0.940. The average molecular weight is 390 g/mol. The molecule has 0 spiro atoms. The molecule has 0 unspecified atom stereocenters. The maximum absolute atomic E-state index is 14.3. The van der Waals surface area contributed by atoms with Crippen molar-refractivity contribution in [3.8, 4) is 5.75 Å². The van der Waals surface area contributed by atoms with Gasteiger partial charge < -0.3 is 20.7 Å². The van der Waals surface area contributed by atoms with Gasteiger partial charge in [0.2, 0.25) is 0 Å². The van der Waals surface area contributed by atoms with Gasteiger partial charge in [-0.3, -0.25) is 4.79 Å². The summed E-state index contributed by atoms with van der Waals surface area (Å²) >= 11 is 6.00. The standard InChI is InChI=1S/C19H17ClFN3O3/c1-10-16(18(25)23-14-9-11(20)7-8-15(14)27-2)17(24-19(26)22-10)12-5-3-4-6-13(12)21/h3-9,17H,1-2H3,(H,23,25)(H2,22,24,26)/t17-/m1/s1. The molecule has 2 aromatic carbocycles. The van der Waals surface area contributed by atoms with Crippen LogP contribution in [0.15, 0.2) is 53.7 Å². The Labute approximate surface area is 160 Å². The van der Waals surface area contributed by atoms with Gasteiger partial charge in [0.05, 0.1) is 24.4 Å². The Morgan fingerprint density at radius 1 is 1.26 bits per heavy atom. The van der Waals surface area contributed by atoms with Gasteiger partial charge in [0.25, 0.3) is 5.91 Å². The Hall–Kier alpha value is -3.06. The quantitative estimate of drug-likeness (QED) is 0.745. The van der Waals surface area contributed by atoms with Crippen LogP contribution in [0.1, 0.15) is 18.5 Å². The maximum Gasteiger partial charge on any atom is 0.319 e. The molecule has 27 heavy (non-hydrogen) atoms. The molecule has 8 heteroatoms. The van der Waals surface area contributed by atoms with E-state index in [0.29, 0.717) is 22.2 Å². The van der Waals surface area contributed by atoms with Crippen LogP contribution in [0.25, 0.3) is 0 Å². The number of hydrogen-bond acceptors (Lipinski definition) is 3. The first kappa shape index (κ1) is 18.7. The third-order valence-electron chi connectivity index (χ3n) is 4.14. The second-order valence-electron chi connectivity index (χ2n) is 5.89. The fraction of sp³-hybridized carbons (Fsp3) is 0.158.